The van der Waals surface area contributed by atoms with Gasteiger partial charge in [-0.25, -0.2) is 0 Å². The SMILES string of the molecule is Cc1nnc2sc(C3(N)CCC(C)CC3)nn12. The highest BCUT2D eigenvalue weighted by molar-refractivity contribution is 7.16. The Kier molecular flexibility index (Phi) is 2.45. The number of aryl methyl sites for hydroxylation is 1. The zero-order valence-electron chi connectivity index (χ0n) is 10.2. The van der Waals surface area contributed by atoms with Crippen LogP contribution in [0.5, 0.6) is 0 Å². The number of rotatable bonds is 1. The maximum absolute atomic E-state index is 6.50. The van der Waals surface area contributed by atoms with E-state index in [-0.39, 0.29) is 5.54 Å². The molecule has 1 aliphatic carbocycles. The molecule has 6 heteroatoms. The molecule has 1 saturated carbocycles. The Morgan fingerprint density at radius 3 is 2.71 bits per heavy atom. The molecule has 2 N–H and O–H groups in total. The van der Waals surface area contributed by atoms with Crippen molar-refractivity contribution in [3.8, 4) is 0 Å². The van der Waals surface area contributed by atoms with Crippen LogP contribution in [0.4, 0.5) is 0 Å². The zero-order chi connectivity index (χ0) is 12.0. The van der Waals surface area contributed by atoms with Gasteiger partial charge < -0.3 is 5.73 Å². The van der Waals surface area contributed by atoms with Crippen LogP contribution in [0, 0.1) is 12.8 Å². The fourth-order valence-electron chi connectivity index (χ4n) is 2.41. The Labute approximate surface area is 104 Å². The van der Waals surface area contributed by atoms with Crippen molar-refractivity contribution >= 4 is 16.3 Å². The second-order valence-electron chi connectivity index (χ2n) is 5.19. The van der Waals surface area contributed by atoms with Gasteiger partial charge >= 0.3 is 0 Å². The quantitative estimate of drug-likeness (QED) is 0.840. The number of nitrogens with two attached hydrogens (primary N) is 1. The molecule has 1 aliphatic rings. The highest BCUT2D eigenvalue weighted by Gasteiger charge is 2.35. The van der Waals surface area contributed by atoms with E-state index in [0.717, 1.165) is 34.6 Å². The number of hydrogen-bond acceptors (Lipinski definition) is 5. The molecule has 0 amide bonds. The Morgan fingerprint density at radius 2 is 2.06 bits per heavy atom. The van der Waals surface area contributed by atoms with E-state index in [1.807, 2.05) is 6.92 Å². The van der Waals surface area contributed by atoms with Gasteiger partial charge in [0, 0.05) is 0 Å². The minimum absolute atomic E-state index is 0.246. The molecule has 0 radical (unpaired) electrons. The fourth-order valence-corrected chi connectivity index (χ4v) is 3.45. The largest absolute Gasteiger partial charge is 0.319 e. The van der Waals surface area contributed by atoms with Crippen molar-refractivity contribution in [2.45, 2.75) is 45.1 Å². The topological polar surface area (TPSA) is 69.1 Å². The minimum Gasteiger partial charge on any atom is -0.319 e. The van der Waals surface area contributed by atoms with Gasteiger partial charge in [-0.2, -0.15) is 9.61 Å². The highest BCUT2D eigenvalue weighted by atomic mass is 32.1. The molecule has 0 aliphatic heterocycles. The molecule has 2 heterocycles. The highest BCUT2D eigenvalue weighted by Crippen LogP contribution is 2.38. The van der Waals surface area contributed by atoms with Crippen molar-refractivity contribution in [2.24, 2.45) is 11.7 Å². The summed E-state index contributed by atoms with van der Waals surface area (Å²) >= 11 is 1.58. The molecule has 2 aromatic heterocycles. The lowest BCUT2D eigenvalue weighted by atomic mass is 9.78. The Balaban J connectivity index is 1.97. The molecule has 17 heavy (non-hydrogen) atoms. The molecule has 0 spiro atoms. The van der Waals surface area contributed by atoms with Crippen LogP contribution in [-0.4, -0.2) is 19.8 Å². The van der Waals surface area contributed by atoms with Gasteiger partial charge in [0.05, 0.1) is 5.54 Å². The van der Waals surface area contributed by atoms with E-state index in [1.54, 1.807) is 15.9 Å². The summed E-state index contributed by atoms with van der Waals surface area (Å²) in [7, 11) is 0. The lowest BCUT2D eigenvalue weighted by molar-refractivity contribution is 0.246. The van der Waals surface area contributed by atoms with Crippen molar-refractivity contribution in [1.82, 2.24) is 19.8 Å². The average Bonchev–Trinajstić information content (AvgIpc) is 2.87. The van der Waals surface area contributed by atoms with Crippen LogP contribution in [0.2, 0.25) is 0 Å². The maximum Gasteiger partial charge on any atom is 0.234 e. The number of hydrogen-bond donors (Lipinski definition) is 1. The summed E-state index contributed by atoms with van der Waals surface area (Å²) in [6.45, 7) is 4.21. The molecule has 0 bridgehead atoms. The van der Waals surface area contributed by atoms with Gasteiger partial charge in [-0.3, -0.25) is 0 Å². The fraction of sp³-hybridized carbons (Fsp3) is 0.727. The lowest BCUT2D eigenvalue weighted by Gasteiger charge is -2.33. The van der Waals surface area contributed by atoms with Gasteiger partial charge in [0.15, 0.2) is 5.82 Å². The molecule has 0 atom stereocenters. The third-order valence-corrected chi connectivity index (χ3v) is 4.86. The minimum atomic E-state index is -0.246. The number of fused-ring (bicyclic) bond motifs is 1. The first kappa shape index (κ1) is 11.1. The predicted molar refractivity (Wildman–Crippen MR) is 66.9 cm³/mol. The molecular formula is C11H17N5S. The van der Waals surface area contributed by atoms with Crippen LogP contribution in [0.1, 0.15) is 43.4 Å². The summed E-state index contributed by atoms with van der Waals surface area (Å²) < 4.78 is 1.80. The van der Waals surface area contributed by atoms with Crippen LogP contribution < -0.4 is 5.73 Å². The lowest BCUT2D eigenvalue weighted by Crippen LogP contribution is -2.40. The Bertz CT molecular complexity index is 535. The summed E-state index contributed by atoms with van der Waals surface area (Å²) in [5, 5.41) is 13.7. The standard InChI is InChI=1S/C11H17N5S/c1-7-3-5-11(12,6-4-7)9-15-16-8(2)13-14-10(16)17-9/h7H,3-6,12H2,1-2H3. The second-order valence-corrected chi connectivity index (χ2v) is 6.14. The number of nitrogens with zero attached hydrogens (tertiary/aromatic N) is 4. The molecule has 2 aromatic rings. The molecule has 5 nitrogen and oxygen atoms in total. The Hall–Kier alpha value is -1.01. The first-order chi connectivity index (χ1) is 8.08. The third-order valence-electron chi connectivity index (χ3n) is 3.74. The normalized spacial score (nSPS) is 29.9. The summed E-state index contributed by atoms with van der Waals surface area (Å²) in [5.41, 5.74) is 6.26. The number of aromatic nitrogens is 4. The van der Waals surface area contributed by atoms with E-state index in [2.05, 4.69) is 22.2 Å². The van der Waals surface area contributed by atoms with Crippen molar-refractivity contribution in [3.63, 3.8) is 0 Å². The van der Waals surface area contributed by atoms with E-state index in [9.17, 15) is 0 Å². The molecule has 1 fully saturated rings. The van der Waals surface area contributed by atoms with Gasteiger partial charge in [-0.1, -0.05) is 18.3 Å². The van der Waals surface area contributed by atoms with Crippen molar-refractivity contribution in [2.75, 3.05) is 0 Å². The summed E-state index contributed by atoms with van der Waals surface area (Å²) in [6, 6.07) is 0. The van der Waals surface area contributed by atoms with Crippen molar-refractivity contribution < 1.29 is 0 Å². The smallest absolute Gasteiger partial charge is 0.234 e. The maximum atomic E-state index is 6.50. The van der Waals surface area contributed by atoms with E-state index in [1.165, 1.54) is 12.8 Å². The second kappa shape index (κ2) is 3.74. The third kappa shape index (κ3) is 1.75. The monoisotopic (exact) mass is 251 g/mol. The van der Waals surface area contributed by atoms with Crippen molar-refractivity contribution in [1.29, 1.82) is 0 Å². The van der Waals surface area contributed by atoms with Crippen LogP contribution in [0.15, 0.2) is 0 Å². The predicted octanol–water partition coefficient (Wildman–Crippen LogP) is 1.86. The van der Waals surface area contributed by atoms with Crippen LogP contribution >= 0.6 is 11.3 Å². The van der Waals surface area contributed by atoms with E-state index < -0.39 is 0 Å². The first-order valence-electron chi connectivity index (χ1n) is 6.07. The Morgan fingerprint density at radius 1 is 1.35 bits per heavy atom. The summed E-state index contributed by atoms with van der Waals surface area (Å²) in [4.78, 5) is 0.848. The molecule has 0 unspecified atom stereocenters. The molecule has 3 rings (SSSR count). The van der Waals surface area contributed by atoms with Crippen LogP contribution in [0.25, 0.3) is 4.96 Å². The van der Waals surface area contributed by atoms with Crippen LogP contribution in [0.3, 0.4) is 0 Å². The van der Waals surface area contributed by atoms with Gasteiger partial charge in [0.2, 0.25) is 4.96 Å². The first-order valence-corrected chi connectivity index (χ1v) is 6.88. The zero-order valence-corrected chi connectivity index (χ0v) is 11.0. The van der Waals surface area contributed by atoms with Gasteiger partial charge in [0.25, 0.3) is 0 Å². The molecular weight excluding hydrogens is 234 g/mol. The van der Waals surface area contributed by atoms with Crippen LogP contribution in [-0.2, 0) is 5.54 Å². The average molecular weight is 251 g/mol. The summed E-state index contributed by atoms with van der Waals surface area (Å²) in [6.07, 6.45) is 4.43. The van der Waals surface area contributed by atoms with E-state index >= 15 is 0 Å². The van der Waals surface area contributed by atoms with Gasteiger partial charge in [0.1, 0.15) is 5.01 Å². The summed E-state index contributed by atoms with van der Waals surface area (Å²) in [5.74, 6) is 1.62. The molecule has 0 saturated heterocycles. The van der Waals surface area contributed by atoms with E-state index in [4.69, 9.17) is 5.73 Å². The molecule has 0 aromatic carbocycles. The van der Waals surface area contributed by atoms with Crippen molar-refractivity contribution in [3.05, 3.63) is 10.8 Å². The van der Waals surface area contributed by atoms with Gasteiger partial charge in [-0.15, -0.1) is 10.2 Å². The molecule has 92 valence electrons. The van der Waals surface area contributed by atoms with Gasteiger partial charge in [-0.05, 0) is 38.5 Å². The van der Waals surface area contributed by atoms with E-state index in [0.29, 0.717) is 0 Å².